The number of hydrogen-bond donors (Lipinski definition) is 0. The van der Waals surface area contributed by atoms with E-state index < -0.39 is 16.8 Å². The van der Waals surface area contributed by atoms with Gasteiger partial charge in [0.2, 0.25) is 0 Å². The van der Waals surface area contributed by atoms with Gasteiger partial charge in [0, 0.05) is 0 Å². The van der Waals surface area contributed by atoms with Crippen molar-refractivity contribution in [3.8, 4) is 0 Å². The van der Waals surface area contributed by atoms with Gasteiger partial charge in [0.05, 0.1) is 0 Å². The van der Waals surface area contributed by atoms with Crippen LogP contribution in [0.15, 0.2) is 24.3 Å². The van der Waals surface area contributed by atoms with E-state index in [2.05, 4.69) is 0 Å². The molecule has 0 fully saturated rings. The van der Waals surface area contributed by atoms with Crippen LogP contribution in [0.2, 0.25) is 0 Å². The molecule has 54 valence electrons. The first-order valence-corrected chi connectivity index (χ1v) is 2.58. The third-order valence-electron chi connectivity index (χ3n) is 1.03. The van der Waals surface area contributed by atoms with Crippen molar-refractivity contribution in [1.29, 1.82) is 0 Å². The Hall–Kier alpha value is -1.19. The highest BCUT2D eigenvalue weighted by atomic mass is 19.4. The average Bonchev–Trinajstić information content (AvgIpc) is 1.88. The van der Waals surface area contributed by atoms with Crippen LogP contribution in [0.25, 0.3) is 0 Å². The molecular formula is C6H4F3N. The van der Waals surface area contributed by atoms with Gasteiger partial charge in [-0.05, 0) is 17.5 Å². The first-order chi connectivity index (χ1) is 4.72. The molecule has 0 heterocycles. The molecule has 0 unspecified atom stereocenters. The Balaban J connectivity index is 3.03. The van der Waals surface area contributed by atoms with Crippen LogP contribution in [0.3, 0.4) is 0 Å². The molecular weight excluding hydrogens is 143 g/mol. The number of nitrogens with zero attached hydrogens (tertiary/aromatic N) is 1. The Kier molecular flexibility index (Phi) is 1.80. The van der Waals surface area contributed by atoms with Crippen molar-refractivity contribution in [3.63, 3.8) is 0 Å². The van der Waals surface area contributed by atoms with E-state index in [1.807, 2.05) is 0 Å². The first-order valence-electron chi connectivity index (χ1n) is 2.58. The van der Waals surface area contributed by atoms with Gasteiger partial charge in [0.15, 0.2) is 5.82 Å². The molecule has 0 bridgehead atoms. The second-order valence-corrected chi connectivity index (χ2v) is 1.68. The summed E-state index contributed by atoms with van der Waals surface area (Å²) in [6.45, 7) is 0. The zero-order chi connectivity index (χ0) is 7.56. The van der Waals surface area contributed by atoms with Crippen LogP contribution in [-0.2, 0) is 0 Å². The fraction of sp³-hybridized carbons (Fsp3) is 0. The van der Waals surface area contributed by atoms with Crippen molar-refractivity contribution in [2.45, 2.75) is 0 Å². The Morgan fingerprint density at radius 2 is 1.70 bits per heavy atom. The molecule has 0 aliphatic carbocycles. The van der Waals surface area contributed by atoms with E-state index in [9.17, 15) is 13.4 Å². The molecule has 0 amide bonds. The van der Waals surface area contributed by atoms with Gasteiger partial charge in [-0.2, -0.15) is 0 Å². The first kappa shape index (κ1) is 6.92. The van der Waals surface area contributed by atoms with E-state index in [-0.39, 0.29) is 0 Å². The molecule has 0 aliphatic heterocycles. The topological polar surface area (TPSA) is 3.24 Å². The maximum Gasteiger partial charge on any atom is 0.152 e. The van der Waals surface area contributed by atoms with Crippen molar-refractivity contribution in [1.82, 2.24) is 0 Å². The SMILES string of the molecule is Fc1ccccc1N(F)F. The van der Waals surface area contributed by atoms with E-state index in [1.54, 1.807) is 0 Å². The van der Waals surface area contributed by atoms with Crippen molar-refractivity contribution in [2.75, 3.05) is 5.34 Å². The lowest BCUT2D eigenvalue weighted by molar-refractivity contribution is 0.231. The fourth-order valence-electron chi connectivity index (χ4n) is 0.589. The number of rotatable bonds is 1. The maximum atomic E-state index is 12.3. The zero-order valence-electron chi connectivity index (χ0n) is 4.89. The molecule has 1 aromatic carbocycles. The Morgan fingerprint density at radius 3 is 2.10 bits per heavy atom. The lowest BCUT2D eigenvalue weighted by Crippen LogP contribution is -1.97. The normalized spacial score (nSPS) is 9.50. The van der Waals surface area contributed by atoms with E-state index >= 15 is 0 Å². The summed E-state index contributed by atoms with van der Waals surface area (Å²) >= 11 is 0. The molecule has 0 saturated carbocycles. The van der Waals surface area contributed by atoms with Crippen LogP contribution < -0.4 is 5.34 Å². The largest absolute Gasteiger partial charge is 0.204 e. The minimum atomic E-state index is -1.25. The van der Waals surface area contributed by atoms with Crippen LogP contribution in [0.4, 0.5) is 19.0 Å². The van der Waals surface area contributed by atoms with Gasteiger partial charge in [-0.25, -0.2) is 4.39 Å². The minimum absolute atomic E-state index is 0.706. The minimum Gasteiger partial charge on any atom is -0.204 e. The van der Waals surface area contributed by atoms with E-state index in [0.717, 1.165) is 12.1 Å². The summed E-state index contributed by atoms with van der Waals surface area (Å²) in [5.74, 6) is -0.924. The highest BCUT2D eigenvalue weighted by molar-refractivity contribution is 5.42. The van der Waals surface area contributed by atoms with Crippen LogP contribution in [-0.4, -0.2) is 0 Å². The van der Waals surface area contributed by atoms with Crippen molar-refractivity contribution in [3.05, 3.63) is 30.1 Å². The third kappa shape index (κ3) is 1.21. The standard InChI is InChI=1S/C6H4F3N/c7-5-3-1-2-4-6(5)10(8)9/h1-4H. The molecule has 0 aromatic heterocycles. The quantitative estimate of drug-likeness (QED) is 0.551. The van der Waals surface area contributed by atoms with Crippen molar-refractivity contribution >= 4 is 5.69 Å². The van der Waals surface area contributed by atoms with Crippen LogP contribution in [0.1, 0.15) is 0 Å². The molecule has 0 N–H and O–H groups in total. The Bertz CT molecular complexity index is 224. The fourth-order valence-corrected chi connectivity index (χ4v) is 0.589. The monoisotopic (exact) mass is 147 g/mol. The number of benzene rings is 1. The highest BCUT2D eigenvalue weighted by Gasteiger charge is 2.07. The smallest absolute Gasteiger partial charge is 0.152 e. The predicted octanol–water partition coefficient (Wildman–Crippen LogP) is 2.40. The van der Waals surface area contributed by atoms with Gasteiger partial charge < -0.3 is 0 Å². The number of halogens is 3. The summed E-state index contributed by atoms with van der Waals surface area (Å²) in [6, 6.07) is 4.66. The van der Waals surface area contributed by atoms with Crippen LogP contribution >= 0.6 is 0 Å². The molecule has 0 spiro atoms. The predicted molar refractivity (Wildman–Crippen MR) is 31.1 cm³/mol. The molecule has 4 heteroatoms. The van der Waals surface area contributed by atoms with E-state index in [4.69, 9.17) is 0 Å². The van der Waals surface area contributed by atoms with Gasteiger partial charge in [0.25, 0.3) is 0 Å². The van der Waals surface area contributed by atoms with Gasteiger partial charge >= 0.3 is 0 Å². The van der Waals surface area contributed by atoms with E-state index in [0.29, 0.717) is 0 Å². The summed E-state index contributed by atoms with van der Waals surface area (Å²) in [6.07, 6.45) is 0. The molecule has 0 aliphatic rings. The maximum absolute atomic E-state index is 12.3. The average molecular weight is 147 g/mol. The molecule has 10 heavy (non-hydrogen) atoms. The van der Waals surface area contributed by atoms with Crippen molar-refractivity contribution in [2.24, 2.45) is 0 Å². The van der Waals surface area contributed by atoms with Crippen LogP contribution in [0.5, 0.6) is 0 Å². The molecule has 1 rings (SSSR count). The lowest BCUT2D eigenvalue weighted by Gasteiger charge is -2.00. The zero-order valence-corrected chi connectivity index (χ0v) is 4.89. The summed E-state index contributed by atoms with van der Waals surface area (Å²) in [5, 5.41) is -1.25. The molecule has 1 nitrogen and oxygen atoms in total. The summed E-state index contributed by atoms with van der Waals surface area (Å²) < 4.78 is 35.6. The highest BCUT2D eigenvalue weighted by Crippen LogP contribution is 2.18. The third-order valence-corrected chi connectivity index (χ3v) is 1.03. The Morgan fingerprint density at radius 1 is 1.10 bits per heavy atom. The molecule has 0 atom stereocenters. The van der Waals surface area contributed by atoms with Crippen LogP contribution in [0, 0.1) is 5.82 Å². The summed E-state index contributed by atoms with van der Waals surface area (Å²) in [7, 11) is 0. The number of para-hydroxylation sites is 1. The molecule has 1 aromatic rings. The summed E-state index contributed by atoms with van der Waals surface area (Å²) in [5.41, 5.74) is -0.706. The molecule has 0 saturated heterocycles. The van der Waals surface area contributed by atoms with Crippen molar-refractivity contribution < 1.29 is 13.4 Å². The summed E-state index contributed by atoms with van der Waals surface area (Å²) in [4.78, 5) is 0. The number of hydrogen-bond acceptors (Lipinski definition) is 1. The van der Waals surface area contributed by atoms with Gasteiger partial charge in [-0.3, -0.25) is 0 Å². The lowest BCUT2D eigenvalue weighted by atomic mass is 10.3. The second kappa shape index (κ2) is 2.60. The van der Waals surface area contributed by atoms with Gasteiger partial charge in [-0.15, -0.1) is 0 Å². The second-order valence-electron chi connectivity index (χ2n) is 1.68. The van der Waals surface area contributed by atoms with E-state index in [1.165, 1.54) is 12.1 Å². The number of anilines is 1. The Labute approximate surface area is 55.6 Å². The molecule has 0 radical (unpaired) electrons. The van der Waals surface area contributed by atoms with Gasteiger partial charge in [0.1, 0.15) is 5.69 Å². The van der Waals surface area contributed by atoms with Gasteiger partial charge in [-0.1, -0.05) is 21.1 Å².